The summed E-state index contributed by atoms with van der Waals surface area (Å²) < 4.78 is 5.63. The van der Waals surface area contributed by atoms with E-state index in [-0.39, 0.29) is 5.54 Å². The van der Waals surface area contributed by atoms with Crippen LogP contribution in [0.4, 0.5) is 0 Å². The lowest BCUT2D eigenvalue weighted by molar-refractivity contribution is 0.111. The summed E-state index contributed by atoms with van der Waals surface area (Å²) in [6.45, 7) is 9.80. The van der Waals surface area contributed by atoms with E-state index in [4.69, 9.17) is 4.74 Å². The third-order valence-corrected chi connectivity index (χ3v) is 3.41. The van der Waals surface area contributed by atoms with Gasteiger partial charge in [-0.1, -0.05) is 0 Å². The van der Waals surface area contributed by atoms with Gasteiger partial charge in [0.05, 0.1) is 12.3 Å². The van der Waals surface area contributed by atoms with Gasteiger partial charge in [0.15, 0.2) is 0 Å². The topological polar surface area (TPSA) is 37.4 Å². The van der Waals surface area contributed by atoms with Crippen LogP contribution in [-0.2, 0) is 17.9 Å². The van der Waals surface area contributed by atoms with Crippen LogP contribution in [0.15, 0.2) is 5.38 Å². The quantitative estimate of drug-likeness (QED) is 0.745. The smallest absolute Gasteiger partial charge is 0.107 e. The molecule has 1 heterocycles. The molecule has 0 aliphatic rings. The molecule has 0 amide bonds. The Morgan fingerprint density at radius 2 is 2.11 bits per heavy atom. The molecule has 0 saturated carbocycles. The van der Waals surface area contributed by atoms with Crippen molar-refractivity contribution in [2.45, 2.75) is 45.9 Å². The molecule has 0 aliphatic carbocycles. The van der Waals surface area contributed by atoms with Crippen LogP contribution in [0.1, 0.15) is 37.9 Å². The summed E-state index contributed by atoms with van der Waals surface area (Å²) in [5.74, 6) is 0. The Balaban J connectivity index is 2.20. The minimum Gasteiger partial charge on any atom is -0.375 e. The number of hydrogen-bond donors (Lipinski definition) is 1. The Bertz CT molecular complexity index is 358. The molecule has 0 atom stereocenters. The van der Waals surface area contributed by atoms with Crippen LogP contribution >= 0.6 is 11.3 Å². The van der Waals surface area contributed by atoms with Gasteiger partial charge in [-0.25, -0.2) is 4.98 Å². The monoisotopic (exact) mass is 285 g/mol. The van der Waals surface area contributed by atoms with Gasteiger partial charge in [-0.3, -0.25) is 0 Å². The number of thiazole rings is 1. The van der Waals surface area contributed by atoms with E-state index in [0.29, 0.717) is 6.61 Å². The van der Waals surface area contributed by atoms with E-state index in [9.17, 15) is 0 Å². The Morgan fingerprint density at radius 3 is 2.74 bits per heavy atom. The van der Waals surface area contributed by atoms with E-state index in [1.807, 2.05) is 0 Å². The van der Waals surface area contributed by atoms with E-state index in [0.717, 1.165) is 36.8 Å². The summed E-state index contributed by atoms with van der Waals surface area (Å²) in [5, 5.41) is 6.66. The van der Waals surface area contributed by atoms with Gasteiger partial charge in [0, 0.05) is 24.1 Å². The second-order valence-electron chi connectivity index (χ2n) is 6.05. The minimum absolute atomic E-state index is 0.133. The fourth-order valence-electron chi connectivity index (χ4n) is 1.50. The van der Waals surface area contributed by atoms with Crippen molar-refractivity contribution in [3.8, 4) is 0 Å². The molecule has 0 bridgehead atoms. The SMILES string of the molecule is CN(C)CCCOCc1csc(CNC(C)(C)C)n1. The Labute approximate surface area is 121 Å². The number of nitrogens with zero attached hydrogens (tertiary/aromatic N) is 2. The van der Waals surface area contributed by atoms with Crippen LogP contribution in [0.25, 0.3) is 0 Å². The van der Waals surface area contributed by atoms with Gasteiger partial charge in [0.25, 0.3) is 0 Å². The lowest BCUT2D eigenvalue weighted by Crippen LogP contribution is -2.35. The molecule has 0 spiro atoms. The molecule has 5 heteroatoms. The minimum atomic E-state index is 0.133. The van der Waals surface area contributed by atoms with E-state index in [2.05, 4.69) is 55.4 Å². The maximum absolute atomic E-state index is 5.63. The Hall–Kier alpha value is -0.490. The first-order valence-electron chi connectivity index (χ1n) is 6.77. The van der Waals surface area contributed by atoms with Crippen LogP contribution < -0.4 is 5.32 Å². The number of nitrogens with one attached hydrogen (secondary N) is 1. The van der Waals surface area contributed by atoms with Crippen LogP contribution in [0.2, 0.25) is 0 Å². The fraction of sp³-hybridized carbons (Fsp3) is 0.786. The van der Waals surface area contributed by atoms with E-state index in [1.54, 1.807) is 11.3 Å². The molecule has 0 aliphatic heterocycles. The highest BCUT2D eigenvalue weighted by Gasteiger charge is 2.10. The third-order valence-electron chi connectivity index (χ3n) is 2.51. The van der Waals surface area contributed by atoms with Gasteiger partial charge < -0.3 is 15.0 Å². The molecular formula is C14H27N3OS. The zero-order valence-corrected chi connectivity index (χ0v) is 13.6. The lowest BCUT2D eigenvalue weighted by atomic mass is 10.1. The zero-order valence-electron chi connectivity index (χ0n) is 12.8. The molecule has 1 aromatic rings. The number of hydrogen-bond acceptors (Lipinski definition) is 5. The van der Waals surface area contributed by atoms with Crippen LogP contribution in [0.3, 0.4) is 0 Å². The summed E-state index contributed by atoms with van der Waals surface area (Å²) >= 11 is 1.70. The number of ether oxygens (including phenoxy) is 1. The summed E-state index contributed by atoms with van der Waals surface area (Å²) in [5.41, 5.74) is 1.18. The van der Waals surface area contributed by atoms with Crippen molar-refractivity contribution in [2.75, 3.05) is 27.2 Å². The van der Waals surface area contributed by atoms with E-state index in [1.165, 1.54) is 0 Å². The van der Waals surface area contributed by atoms with Crippen LogP contribution in [-0.4, -0.2) is 42.7 Å². The molecule has 110 valence electrons. The van der Waals surface area contributed by atoms with Crippen LogP contribution in [0, 0.1) is 0 Å². The van der Waals surface area contributed by atoms with Crippen molar-refractivity contribution in [1.82, 2.24) is 15.2 Å². The zero-order chi connectivity index (χ0) is 14.3. The molecule has 0 saturated heterocycles. The maximum atomic E-state index is 5.63. The van der Waals surface area contributed by atoms with Gasteiger partial charge in [0.1, 0.15) is 5.01 Å². The highest BCUT2D eigenvalue weighted by Crippen LogP contribution is 2.12. The summed E-state index contributed by atoms with van der Waals surface area (Å²) in [4.78, 5) is 6.74. The van der Waals surface area contributed by atoms with Crippen molar-refractivity contribution < 1.29 is 4.74 Å². The first-order chi connectivity index (χ1) is 8.87. The molecule has 0 fully saturated rings. The first kappa shape index (κ1) is 16.6. The fourth-order valence-corrected chi connectivity index (χ4v) is 2.22. The molecule has 19 heavy (non-hydrogen) atoms. The van der Waals surface area contributed by atoms with Gasteiger partial charge in [-0.2, -0.15) is 0 Å². The maximum Gasteiger partial charge on any atom is 0.107 e. The number of aromatic nitrogens is 1. The summed E-state index contributed by atoms with van der Waals surface area (Å²) in [6, 6.07) is 0. The lowest BCUT2D eigenvalue weighted by Gasteiger charge is -2.19. The second-order valence-corrected chi connectivity index (χ2v) is 6.99. The molecule has 1 rings (SSSR count). The average Bonchev–Trinajstić information content (AvgIpc) is 2.72. The highest BCUT2D eigenvalue weighted by atomic mass is 32.1. The second kappa shape index (κ2) is 7.94. The normalized spacial score (nSPS) is 12.3. The van der Waals surface area contributed by atoms with Crippen molar-refractivity contribution in [2.24, 2.45) is 0 Å². The molecule has 0 radical (unpaired) electrons. The standard InChI is InChI=1S/C14H27N3OS/c1-14(2,3)15-9-13-16-12(11-19-13)10-18-8-6-7-17(4)5/h11,15H,6-10H2,1-5H3. The van der Waals surface area contributed by atoms with Crippen molar-refractivity contribution in [1.29, 1.82) is 0 Å². The van der Waals surface area contributed by atoms with Gasteiger partial charge >= 0.3 is 0 Å². The van der Waals surface area contributed by atoms with Crippen LogP contribution in [0.5, 0.6) is 0 Å². The van der Waals surface area contributed by atoms with Crippen molar-refractivity contribution in [3.05, 3.63) is 16.1 Å². The molecule has 4 nitrogen and oxygen atoms in total. The largest absolute Gasteiger partial charge is 0.375 e. The first-order valence-corrected chi connectivity index (χ1v) is 7.65. The van der Waals surface area contributed by atoms with Crippen molar-refractivity contribution in [3.63, 3.8) is 0 Å². The summed E-state index contributed by atoms with van der Waals surface area (Å²) in [7, 11) is 4.16. The molecule has 0 aromatic carbocycles. The molecule has 1 N–H and O–H groups in total. The third kappa shape index (κ3) is 8.31. The predicted molar refractivity (Wildman–Crippen MR) is 81.5 cm³/mol. The molecular weight excluding hydrogens is 258 g/mol. The highest BCUT2D eigenvalue weighted by molar-refractivity contribution is 7.09. The van der Waals surface area contributed by atoms with Crippen molar-refractivity contribution >= 4 is 11.3 Å². The average molecular weight is 285 g/mol. The summed E-state index contributed by atoms with van der Waals surface area (Å²) in [6.07, 6.45) is 1.07. The Kier molecular flexibility index (Phi) is 6.93. The molecule has 0 unspecified atom stereocenters. The van der Waals surface area contributed by atoms with Gasteiger partial charge in [0.2, 0.25) is 0 Å². The van der Waals surface area contributed by atoms with Gasteiger partial charge in [-0.05, 0) is 47.8 Å². The van der Waals surface area contributed by atoms with Gasteiger partial charge in [-0.15, -0.1) is 11.3 Å². The Morgan fingerprint density at radius 1 is 1.37 bits per heavy atom. The molecule has 1 aromatic heterocycles. The predicted octanol–water partition coefficient (Wildman–Crippen LogP) is 2.50. The van der Waals surface area contributed by atoms with E-state index < -0.39 is 0 Å². The van der Waals surface area contributed by atoms with E-state index >= 15 is 0 Å². The number of rotatable bonds is 8.